The van der Waals surface area contributed by atoms with Crippen LogP contribution < -0.4 is 11.1 Å². The van der Waals surface area contributed by atoms with Crippen LogP contribution in [-0.4, -0.2) is 36.3 Å². The molecule has 1 fully saturated rings. The van der Waals surface area contributed by atoms with Crippen molar-refractivity contribution in [2.45, 2.75) is 12.3 Å². The molecule has 2 heterocycles. The quantitative estimate of drug-likeness (QED) is 0.691. The first-order chi connectivity index (χ1) is 13.5. The second-order valence-electron chi connectivity index (χ2n) is 6.98. The van der Waals surface area contributed by atoms with E-state index >= 15 is 0 Å². The van der Waals surface area contributed by atoms with Gasteiger partial charge in [-0.3, -0.25) is 14.5 Å². The fourth-order valence-electron chi connectivity index (χ4n) is 3.80. The summed E-state index contributed by atoms with van der Waals surface area (Å²) in [4.78, 5) is 27.0. The maximum atomic E-state index is 13.0. The van der Waals surface area contributed by atoms with Gasteiger partial charge in [0.05, 0.1) is 11.4 Å². The van der Waals surface area contributed by atoms with E-state index in [-0.39, 0.29) is 24.2 Å². The van der Waals surface area contributed by atoms with Gasteiger partial charge < -0.3 is 11.1 Å². The van der Waals surface area contributed by atoms with E-state index in [1.807, 2.05) is 24.3 Å². The predicted octanol–water partition coefficient (Wildman–Crippen LogP) is 3.57. The Morgan fingerprint density at radius 1 is 1.18 bits per heavy atom. The number of rotatable bonds is 5. The minimum atomic E-state index is -0.399. The number of likely N-dealkylation sites (tertiary alicyclic amines) is 1. The van der Waals surface area contributed by atoms with E-state index < -0.39 is 5.91 Å². The van der Waals surface area contributed by atoms with Crippen LogP contribution in [0.15, 0.2) is 48.5 Å². The zero-order valence-electron chi connectivity index (χ0n) is 15.2. The van der Waals surface area contributed by atoms with Crippen LogP contribution in [0.5, 0.6) is 0 Å². The Morgan fingerprint density at radius 3 is 2.68 bits per heavy atom. The molecule has 1 saturated heterocycles. The molecule has 0 saturated carbocycles. The van der Waals surface area contributed by atoms with E-state index in [2.05, 4.69) is 10.2 Å². The molecule has 2 amide bonds. The molecule has 5 nitrogen and oxygen atoms in total. The summed E-state index contributed by atoms with van der Waals surface area (Å²) in [5.41, 5.74) is 7.21. The van der Waals surface area contributed by atoms with E-state index in [0.29, 0.717) is 17.1 Å². The van der Waals surface area contributed by atoms with Crippen molar-refractivity contribution in [1.82, 2.24) is 4.90 Å². The topological polar surface area (TPSA) is 75.4 Å². The monoisotopic (exact) mass is 397 g/mol. The standard InChI is InChI=1S/C21H20FN3O2S/c22-14-5-7-15(8-6-14)24-18(26)12-25-10-9-13(11-25)19-16-3-1-2-4-17(16)28-20(19)21(23)27/h1-8,13H,9-12H2,(H2,23,27)(H,24,26)/t13-/m1/s1. The van der Waals surface area contributed by atoms with Crippen LogP contribution in [0.3, 0.4) is 0 Å². The second kappa shape index (κ2) is 7.69. The zero-order chi connectivity index (χ0) is 19.7. The summed E-state index contributed by atoms with van der Waals surface area (Å²) in [6.45, 7) is 1.71. The highest BCUT2D eigenvalue weighted by Gasteiger charge is 2.30. The molecule has 1 aliphatic rings. The summed E-state index contributed by atoms with van der Waals surface area (Å²) < 4.78 is 14.0. The minimum Gasteiger partial charge on any atom is -0.365 e. The number of carbonyl (C=O) groups excluding carboxylic acids is 2. The van der Waals surface area contributed by atoms with Crippen molar-refractivity contribution in [1.29, 1.82) is 0 Å². The van der Waals surface area contributed by atoms with Crippen molar-refractivity contribution >= 4 is 38.9 Å². The number of amides is 2. The lowest BCUT2D eigenvalue weighted by Crippen LogP contribution is -2.31. The molecule has 0 aliphatic carbocycles. The van der Waals surface area contributed by atoms with Crippen molar-refractivity contribution in [3.8, 4) is 0 Å². The highest BCUT2D eigenvalue weighted by molar-refractivity contribution is 7.21. The summed E-state index contributed by atoms with van der Waals surface area (Å²) in [6.07, 6.45) is 0.866. The Labute approximate surface area is 165 Å². The highest BCUT2D eigenvalue weighted by Crippen LogP contribution is 2.39. The maximum Gasteiger partial charge on any atom is 0.259 e. The minimum absolute atomic E-state index is 0.141. The first kappa shape index (κ1) is 18.6. The summed E-state index contributed by atoms with van der Waals surface area (Å²) in [7, 11) is 0. The number of nitrogens with one attached hydrogen (secondary N) is 1. The van der Waals surface area contributed by atoms with Gasteiger partial charge in [-0.1, -0.05) is 18.2 Å². The number of halogens is 1. The average Bonchev–Trinajstić information content (AvgIpc) is 3.27. The third kappa shape index (κ3) is 3.76. The molecule has 7 heteroatoms. The molecular formula is C21H20FN3O2S. The SMILES string of the molecule is NC(=O)c1sc2ccccc2c1[C@@H]1CCN(CC(=O)Nc2ccc(F)cc2)C1. The second-order valence-corrected chi connectivity index (χ2v) is 8.03. The molecule has 3 aromatic rings. The molecule has 1 atom stereocenters. The Balaban J connectivity index is 1.46. The van der Waals surface area contributed by atoms with E-state index in [1.54, 1.807) is 0 Å². The number of hydrogen-bond acceptors (Lipinski definition) is 4. The van der Waals surface area contributed by atoms with Gasteiger partial charge in [0.15, 0.2) is 0 Å². The number of anilines is 1. The van der Waals surface area contributed by atoms with Crippen molar-refractivity contribution in [3.05, 3.63) is 64.8 Å². The smallest absolute Gasteiger partial charge is 0.259 e. The maximum absolute atomic E-state index is 13.0. The van der Waals surface area contributed by atoms with Gasteiger partial charge in [0.1, 0.15) is 5.82 Å². The molecule has 28 heavy (non-hydrogen) atoms. The van der Waals surface area contributed by atoms with Crippen molar-refractivity contribution in [2.75, 3.05) is 25.0 Å². The number of nitrogens with zero attached hydrogens (tertiary/aromatic N) is 1. The number of nitrogens with two attached hydrogens (primary N) is 1. The molecule has 0 spiro atoms. The van der Waals surface area contributed by atoms with Gasteiger partial charge in [0.2, 0.25) is 5.91 Å². The first-order valence-corrected chi connectivity index (χ1v) is 9.92. The van der Waals surface area contributed by atoms with Crippen LogP contribution in [0.4, 0.5) is 10.1 Å². The number of hydrogen-bond donors (Lipinski definition) is 2. The fourth-order valence-corrected chi connectivity index (χ4v) is 4.94. The molecule has 3 N–H and O–H groups in total. The van der Waals surface area contributed by atoms with Gasteiger partial charge in [0, 0.05) is 22.8 Å². The number of carbonyl (C=O) groups is 2. The van der Waals surface area contributed by atoms with Gasteiger partial charge in [-0.25, -0.2) is 4.39 Å². The summed E-state index contributed by atoms with van der Waals surface area (Å²) >= 11 is 1.43. The Morgan fingerprint density at radius 2 is 1.93 bits per heavy atom. The first-order valence-electron chi connectivity index (χ1n) is 9.10. The van der Waals surface area contributed by atoms with Gasteiger partial charge in [-0.15, -0.1) is 11.3 Å². The lowest BCUT2D eigenvalue weighted by atomic mass is 9.95. The third-order valence-corrected chi connectivity index (χ3v) is 6.23. The largest absolute Gasteiger partial charge is 0.365 e. The molecule has 0 unspecified atom stereocenters. The van der Waals surface area contributed by atoms with E-state index in [9.17, 15) is 14.0 Å². The lowest BCUT2D eigenvalue weighted by molar-refractivity contribution is -0.117. The zero-order valence-corrected chi connectivity index (χ0v) is 16.0. The van der Waals surface area contributed by atoms with E-state index in [4.69, 9.17) is 5.73 Å². The number of benzene rings is 2. The van der Waals surface area contributed by atoms with Crippen LogP contribution in [0.25, 0.3) is 10.1 Å². The Hall–Kier alpha value is -2.77. The molecule has 0 bridgehead atoms. The summed E-state index contributed by atoms with van der Waals surface area (Å²) in [5.74, 6) is -0.716. The van der Waals surface area contributed by atoms with Gasteiger partial charge in [-0.05, 0) is 54.2 Å². The van der Waals surface area contributed by atoms with Crippen molar-refractivity contribution in [3.63, 3.8) is 0 Å². The molecule has 4 rings (SSSR count). The Kier molecular flexibility index (Phi) is 5.11. The fraction of sp³-hybridized carbons (Fsp3) is 0.238. The van der Waals surface area contributed by atoms with Gasteiger partial charge in [-0.2, -0.15) is 0 Å². The number of fused-ring (bicyclic) bond motifs is 1. The summed E-state index contributed by atoms with van der Waals surface area (Å²) in [5, 5.41) is 3.86. The molecule has 144 valence electrons. The lowest BCUT2D eigenvalue weighted by Gasteiger charge is -2.16. The van der Waals surface area contributed by atoms with Crippen LogP contribution in [0.2, 0.25) is 0 Å². The van der Waals surface area contributed by atoms with E-state index in [1.165, 1.54) is 35.6 Å². The third-order valence-electron chi connectivity index (χ3n) is 5.03. The number of thiophene rings is 1. The van der Waals surface area contributed by atoms with Crippen molar-refractivity contribution in [2.24, 2.45) is 5.73 Å². The van der Waals surface area contributed by atoms with Crippen LogP contribution in [0.1, 0.15) is 27.6 Å². The van der Waals surface area contributed by atoms with E-state index in [0.717, 1.165) is 28.6 Å². The van der Waals surface area contributed by atoms with Crippen LogP contribution in [0, 0.1) is 5.82 Å². The molecule has 1 aliphatic heterocycles. The van der Waals surface area contributed by atoms with Gasteiger partial charge >= 0.3 is 0 Å². The van der Waals surface area contributed by atoms with Crippen LogP contribution in [-0.2, 0) is 4.79 Å². The Bertz CT molecular complexity index is 1030. The van der Waals surface area contributed by atoms with Crippen molar-refractivity contribution < 1.29 is 14.0 Å². The normalized spacial score (nSPS) is 17.1. The molecular weight excluding hydrogens is 377 g/mol. The highest BCUT2D eigenvalue weighted by atomic mass is 32.1. The molecule has 0 radical (unpaired) electrons. The van der Waals surface area contributed by atoms with Gasteiger partial charge in [0.25, 0.3) is 5.91 Å². The average molecular weight is 397 g/mol. The molecule has 2 aromatic carbocycles. The molecule has 1 aromatic heterocycles. The predicted molar refractivity (Wildman–Crippen MR) is 109 cm³/mol. The number of primary amides is 1. The summed E-state index contributed by atoms with van der Waals surface area (Å²) in [6, 6.07) is 13.6. The van der Waals surface area contributed by atoms with Crippen LogP contribution >= 0.6 is 11.3 Å².